The van der Waals surface area contributed by atoms with Crippen molar-refractivity contribution in [2.75, 3.05) is 39.8 Å². The topological polar surface area (TPSA) is 48.9 Å². The number of guanidine groups is 1. The summed E-state index contributed by atoms with van der Waals surface area (Å²) < 4.78 is 6.07. The zero-order valence-corrected chi connectivity index (χ0v) is 16.7. The van der Waals surface area contributed by atoms with Crippen molar-refractivity contribution >= 4 is 5.96 Å². The molecule has 0 radical (unpaired) electrons. The van der Waals surface area contributed by atoms with E-state index in [4.69, 9.17) is 4.74 Å². The number of likely N-dealkylation sites (tertiary alicyclic amines) is 1. The number of rotatable bonds is 9. The summed E-state index contributed by atoms with van der Waals surface area (Å²) in [5, 5.41) is 6.67. The van der Waals surface area contributed by atoms with E-state index >= 15 is 0 Å². The highest BCUT2D eigenvalue weighted by Gasteiger charge is 2.19. The number of benzene rings is 1. The van der Waals surface area contributed by atoms with Crippen molar-refractivity contribution in [3.63, 3.8) is 0 Å². The van der Waals surface area contributed by atoms with Crippen molar-refractivity contribution in [1.82, 2.24) is 15.5 Å². The summed E-state index contributed by atoms with van der Waals surface area (Å²) in [5.41, 5.74) is 1.40. The van der Waals surface area contributed by atoms with Crippen LogP contribution in [0.25, 0.3) is 0 Å². The molecule has 0 saturated carbocycles. The van der Waals surface area contributed by atoms with Crippen LogP contribution in [0.15, 0.2) is 35.3 Å². The molecule has 1 saturated heterocycles. The Kier molecular flexibility index (Phi) is 9.50. The normalized spacial score (nSPS) is 16.8. The van der Waals surface area contributed by atoms with Gasteiger partial charge in [-0.15, -0.1) is 0 Å². The number of ether oxygens (including phenoxy) is 1. The van der Waals surface area contributed by atoms with Gasteiger partial charge in [0.25, 0.3) is 0 Å². The fraction of sp³-hybridized carbons (Fsp3) is 0.667. The number of piperidine rings is 1. The zero-order valence-electron chi connectivity index (χ0n) is 16.7. The lowest BCUT2D eigenvalue weighted by Crippen LogP contribution is -2.40. The predicted octanol–water partition coefficient (Wildman–Crippen LogP) is 2.88. The lowest BCUT2D eigenvalue weighted by molar-refractivity contribution is 0.00534. The molecular weight excluding hydrogens is 324 g/mol. The number of hydrogen-bond acceptors (Lipinski definition) is 3. The Morgan fingerprint density at radius 2 is 1.92 bits per heavy atom. The molecule has 0 bridgehead atoms. The Labute approximate surface area is 159 Å². The van der Waals surface area contributed by atoms with Gasteiger partial charge in [-0.1, -0.05) is 44.2 Å². The van der Waals surface area contributed by atoms with Crippen LogP contribution in [0.3, 0.4) is 0 Å². The summed E-state index contributed by atoms with van der Waals surface area (Å²) in [6, 6.07) is 10.7. The molecule has 0 unspecified atom stereocenters. The minimum atomic E-state index is 0.417. The van der Waals surface area contributed by atoms with E-state index in [-0.39, 0.29) is 0 Å². The van der Waals surface area contributed by atoms with Gasteiger partial charge in [-0.2, -0.15) is 0 Å². The first-order chi connectivity index (χ1) is 12.7. The minimum absolute atomic E-state index is 0.417. The third-order valence-electron chi connectivity index (χ3n) is 4.65. The molecule has 1 fully saturated rings. The molecule has 2 N–H and O–H groups in total. The van der Waals surface area contributed by atoms with Crippen LogP contribution < -0.4 is 10.6 Å². The molecule has 0 aromatic heterocycles. The summed E-state index contributed by atoms with van der Waals surface area (Å²) in [4.78, 5) is 6.77. The molecule has 2 rings (SSSR count). The van der Waals surface area contributed by atoms with Crippen LogP contribution in [0.2, 0.25) is 0 Å². The van der Waals surface area contributed by atoms with Gasteiger partial charge in [-0.3, -0.25) is 9.89 Å². The summed E-state index contributed by atoms with van der Waals surface area (Å²) in [6.45, 7) is 10.4. The SMILES string of the molecule is CN=C(NCCCOC1CCN(Cc2ccccc2)CC1)NCC(C)C. The number of nitrogens with one attached hydrogen (secondary N) is 2. The molecule has 0 aliphatic carbocycles. The first-order valence-electron chi connectivity index (χ1n) is 9.99. The average Bonchev–Trinajstić information content (AvgIpc) is 2.66. The Morgan fingerprint density at radius 3 is 2.58 bits per heavy atom. The quantitative estimate of drug-likeness (QED) is 0.404. The van der Waals surface area contributed by atoms with E-state index in [1.54, 1.807) is 0 Å². The van der Waals surface area contributed by atoms with Crippen LogP contribution in [-0.4, -0.2) is 56.8 Å². The highest BCUT2D eigenvalue weighted by Crippen LogP contribution is 2.16. The summed E-state index contributed by atoms with van der Waals surface area (Å²) in [7, 11) is 1.81. The predicted molar refractivity (Wildman–Crippen MR) is 110 cm³/mol. The number of aliphatic imine (C=N–C) groups is 1. The van der Waals surface area contributed by atoms with Gasteiger partial charge in [0, 0.05) is 46.4 Å². The van der Waals surface area contributed by atoms with Gasteiger partial charge in [0.2, 0.25) is 0 Å². The fourth-order valence-electron chi connectivity index (χ4n) is 3.13. The first-order valence-corrected chi connectivity index (χ1v) is 9.99. The zero-order chi connectivity index (χ0) is 18.6. The fourth-order valence-corrected chi connectivity index (χ4v) is 3.13. The summed E-state index contributed by atoms with van der Waals surface area (Å²) >= 11 is 0. The van der Waals surface area contributed by atoms with Gasteiger partial charge in [-0.05, 0) is 30.7 Å². The highest BCUT2D eigenvalue weighted by atomic mass is 16.5. The van der Waals surface area contributed by atoms with Crippen molar-refractivity contribution in [3.8, 4) is 0 Å². The van der Waals surface area contributed by atoms with Crippen molar-refractivity contribution in [2.24, 2.45) is 10.9 Å². The molecule has 1 aliphatic rings. The minimum Gasteiger partial charge on any atom is -0.378 e. The van der Waals surface area contributed by atoms with Crippen LogP contribution in [-0.2, 0) is 11.3 Å². The second-order valence-corrected chi connectivity index (χ2v) is 7.46. The van der Waals surface area contributed by atoms with Crippen LogP contribution in [0.4, 0.5) is 0 Å². The van der Waals surface area contributed by atoms with Crippen molar-refractivity contribution in [2.45, 2.75) is 45.8 Å². The van der Waals surface area contributed by atoms with E-state index in [0.29, 0.717) is 12.0 Å². The van der Waals surface area contributed by atoms with Crippen molar-refractivity contribution in [3.05, 3.63) is 35.9 Å². The van der Waals surface area contributed by atoms with Gasteiger partial charge < -0.3 is 15.4 Å². The first kappa shape index (κ1) is 20.7. The Morgan fingerprint density at radius 1 is 1.19 bits per heavy atom. The molecular formula is C21H36N4O. The van der Waals surface area contributed by atoms with E-state index in [0.717, 1.165) is 64.6 Å². The molecule has 5 heteroatoms. The third kappa shape index (κ3) is 8.19. The van der Waals surface area contributed by atoms with E-state index in [9.17, 15) is 0 Å². The smallest absolute Gasteiger partial charge is 0.190 e. The molecule has 1 heterocycles. The molecule has 1 aromatic rings. The maximum absolute atomic E-state index is 6.07. The largest absolute Gasteiger partial charge is 0.378 e. The van der Waals surface area contributed by atoms with Crippen LogP contribution >= 0.6 is 0 Å². The van der Waals surface area contributed by atoms with Gasteiger partial charge in [0.05, 0.1) is 6.10 Å². The van der Waals surface area contributed by atoms with Gasteiger partial charge >= 0.3 is 0 Å². The molecule has 26 heavy (non-hydrogen) atoms. The molecule has 0 spiro atoms. The molecule has 5 nitrogen and oxygen atoms in total. The monoisotopic (exact) mass is 360 g/mol. The standard InChI is InChI=1S/C21H36N4O/c1-18(2)16-24-21(22-3)23-12-7-15-26-20-10-13-25(14-11-20)17-19-8-5-4-6-9-19/h4-6,8-9,18,20H,7,10-17H2,1-3H3,(H2,22,23,24). The van der Waals surface area contributed by atoms with Crippen LogP contribution in [0, 0.1) is 5.92 Å². The lowest BCUT2D eigenvalue weighted by atomic mass is 10.1. The highest BCUT2D eigenvalue weighted by molar-refractivity contribution is 5.79. The molecule has 0 atom stereocenters. The molecule has 0 amide bonds. The van der Waals surface area contributed by atoms with E-state index in [1.807, 2.05) is 7.05 Å². The van der Waals surface area contributed by atoms with E-state index in [1.165, 1.54) is 5.56 Å². The van der Waals surface area contributed by atoms with E-state index < -0.39 is 0 Å². The van der Waals surface area contributed by atoms with Crippen LogP contribution in [0.5, 0.6) is 0 Å². The van der Waals surface area contributed by atoms with Gasteiger partial charge in [-0.25, -0.2) is 0 Å². The Bertz CT molecular complexity index is 510. The number of nitrogens with zero attached hydrogens (tertiary/aromatic N) is 2. The van der Waals surface area contributed by atoms with Crippen LogP contribution in [0.1, 0.15) is 38.7 Å². The number of hydrogen-bond donors (Lipinski definition) is 2. The Balaban J connectivity index is 1.52. The molecule has 146 valence electrons. The van der Waals surface area contributed by atoms with Gasteiger partial charge in [0.15, 0.2) is 5.96 Å². The van der Waals surface area contributed by atoms with Crippen molar-refractivity contribution < 1.29 is 4.74 Å². The third-order valence-corrected chi connectivity index (χ3v) is 4.65. The maximum Gasteiger partial charge on any atom is 0.190 e. The summed E-state index contributed by atoms with van der Waals surface area (Å²) in [6.07, 6.45) is 3.70. The molecule has 1 aliphatic heterocycles. The maximum atomic E-state index is 6.07. The van der Waals surface area contributed by atoms with Crippen molar-refractivity contribution in [1.29, 1.82) is 0 Å². The van der Waals surface area contributed by atoms with E-state index in [2.05, 4.69) is 64.7 Å². The molecule has 1 aromatic carbocycles. The second-order valence-electron chi connectivity index (χ2n) is 7.46. The lowest BCUT2D eigenvalue weighted by Gasteiger charge is -2.32. The average molecular weight is 361 g/mol. The second kappa shape index (κ2) is 11.9. The van der Waals surface area contributed by atoms with Gasteiger partial charge in [0.1, 0.15) is 0 Å². The summed E-state index contributed by atoms with van der Waals surface area (Å²) in [5.74, 6) is 1.50. The Hall–Kier alpha value is -1.59.